The van der Waals surface area contributed by atoms with Crippen molar-refractivity contribution in [3.8, 4) is 11.1 Å². The van der Waals surface area contributed by atoms with Crippen LogP contribution in [0.25, 0.3) is 22.2 Å². The van der Waals surface area contributed by atoms with Gasteiger partial charge in [-0.15, -0.1) is 0 Å². The predicted molar refractivity (Wildman–Crippen MR) is 122 cm³/mol. The number of fused-ring (bicyclic) bond motifs is 1. The monoisotopic (exact) mass is 402 g/mol. The van der Waals surface area contributed by atoms with Gasteiger partial charge in [0, 0.05) is 19.4 Å². The van der Waals surface area contributed by atoms with Crippen LogP contribution in [0.2, 0.25) is 0 Å². The highest BCUT2D eigenvalue weighted by Gasteiger charge is 2.15. The molecule has 1 fully saturated rings. The fourth-order valence-corrected chi connectivity index (χ4v) is 4.32. The summed E-state index contributed by atoms with van der Waals surface area (Å²) in [5.41, 5.74) is 11.9. The zero-order chi connectivity index (χ0) is 20.9. The van der Waals surface area contributed by atoms with Crippen LogP contribution in [0.15, 0.2) is 42.5 Å². The van der Waals surface area contributed by atoms with Crippen molar-refractivity contribution in [2.45, 2.75) is 51.9 Å². The second-order valence-corrected chi connectivity index (χ2v) is 8.38. The Balaban J connectivity index is 1.45. The average Bonchev–Trinajstić information content (AvgIpc) is 2.77. The molecule has 1 aliphatic carbocycles. The van der Waals surface area contributed by atoms with Gasteiger partial charge in [0.25, 0.3) is 0 Å². The normalized spacial score (nSPS) is 14.7. The number of nitrogens with zero attached hydrogens (tertiary/aromatic N) is 2. The van der Waals surface area contributed by atoms with E-state index in [-0.39, 0.29) is 5.91 Å². The molecule has 3 N–H and O–H groups in total. The first kappa shape index (κ1) is 20.3. The number of aryl methyl sites for hydroxylation is 2. The molecule has 0 unspecified atom stereocenters. The Morgan fingerprint density at radius 1 is 1.07 bits per heavy atom. The summed E-state index contributed by atoms with van der Waals surface area (Å²) in [5, 5.41) is 3.09. The van der Waals surface area contributed by atoms with Crippen molar-refractivity contribution in [3.63, 3.8) is 0 Å². The van der Waals surface area contributed by atoms with Crippen LogP contribution in [-0.4, -0.2) is 22.4 Å². The predicted octanol–water partition coefficient (Wildman–Crippen LogP) is 4.82. The van der Waals surface area contributed by atoms with Gasteiger partial charge in [0.1, 0.15) is 5.82 Å². The summed E-state index contributed by atoms with van der Waals surface area (Å²) in [6, 6.07) is 14.4. The van der Waals surface area contributed by atoms with Crippen LogP contribution in [0, 0.1) is 12.8 Å². The number of nitrogen functional groups attached to an aromatic ring is 1. The molecule has 1 aromatic heterocycles. The van der Waals surface area contributed by atoms with Crippen LogP contribution in [-0.2, 0) is 11.2 Å². The van der Waals surface area contributed by atoms with Gasteiger partial charge in [-0.25, -0.2) is 9.97 Å². The van der Waals surface area contributed by atoms with Gasteiger partial charge in [-0.3, -0.25) is 4.79 Å². The van der Waals surface area contributed by atoms with E-state index in [1.807, 2.05) is 18.2 Å². The number of hydrogen-bond donors (Lipinski definition) is 2. The lowest BCUT2D eigenvalue weighted by Gasteiger charge is -2.21. The lowest BCUT2D eigenvalue weighted by Crippen LogP contribution is -2.30. The van der Waals surface area contributed by atoms with Crippen LogP contribution in [0.4, 0.5) is 5.82 Å². The van der Waals surface area contributed by atoms with E-state index in [1.54, 1.807) is 0 Å². The van der Waals surface area contributed by atoms with Crippen LogP contribution in [0.3, 0.4) is 0 Å². The minimum Gasteiger partial charge on any atom is -0.382 e. The van der Waals surface area contributed by atoms with E-state index in [0.29, 0.717) is 30.3 Å². The molecule has 0 bridgehead atoms. The van der Waals surface area contributed by atoms with Crippen LogP contribution < -0.4 is 11.1 Å². The average molecular weight is 403 g/mol. The van der Waals surface area contributed by atoms with E-state index in [2.05, 4.69) is 41.5 Å². The fourth-order valence-electron chi connectivity index (χ4n) is 4.32. The second-order valence-electron chi connectivity index (χ2n) is 8.38. The third-order valence-corrected chi connectivity index (χ3v) is 6.12. The molecule has 5 nitrogen and oxygen atoms in total. The number of amides is 1. The lowest BCUT2D eigenvalue weighted by molar-refractivity contribution is -0.121. The minimum atomic E-state index is 0.0653. The summed E-state index contributed by atoms with van der Waals surface area (Å²) >= 11 is 0. The van der Waals surface area contributed by atoms with Crippen molar-refractivity contribution >= 4 is 22.8 Å². The first-order valence-corrected chi connectivity index (χ1v) is 11.0. The van der Waals surface area contributed by atoms with Gasteiger partial charge in [0.2, 0.25) is 5.91 Å². The number of rotatable bonds is 6. The molecule has 4 rings (SSSR count). The van der Waals surface area contributed by atoms with Crippen molar-refractivity contribution in [1.82, 2.24) is 15.3 Å². The van der Waals surface area contributed by atoms with Gasteiger partial charge < -0.3 is 11.1 Å². The topological polar surface area (TPSA) is 80.9 Å². The Morgan fingerprint density at radius 2 is 1.87 bits per heavy atom. The van der Waals surface area contributed by atoms with Gasteiger partial charge in [-0.2, -0.15) is 0 Å². The quantitative estimate of drug-likeness (QED) is 0.620. The van der Waals surface area contributed by atoms with Crippen molar-refractivity contribution in [3.05, 3.63) is 53.7 Å². The number of aromatic nitrogens is 2. The maximum Gasteiger partial charge on any atom is 0.220 e. The molecule has 3 aromatic rings. The van der Waals surface area contributed by atoms with Crippen LogP contribution in [0.5, 0.6) is 0 Å². The molecule has 156 valence electrons. The largest absolute Gasteiger partial charge is 0.382 e. The summed E-state index contributed by atoms with van der Waals surface area (Å²) < 4.78 is 0. The number of anilines is 1. The molecule has 0 atom stereocenters. The van der Waals surface area contributed by atoms with Gasteiger partial charge in [0.05, 0.1) is 16.7 Å². The Bertz CT molecular complexity index is 1040. The Labute approximate surface area is 178 Å². The Kier molecular flexibility index (Phi) is 6.26. The Morgan fingerprint density at radius 3 is 2.67 bits per heavy atom. The number of carbonyl (C=O) groups excluding carboxylic acids is 1. The summed E-state index contributed by atoms with van der Waals surface area (Å²) in [6.07, 6.45) is 7.24. The zero-order valence-corrected chi connectivity index (χ0v) is 17.7. The summed E-state index contributed by atoms with van der Waals surface area (Å²) in [4.78, 5) is 21.6. The number of hydrogen-bond acceptors (Lipinski definition) is 4. The van der Waals surface area contributed by atoms with E-state index < -0.39 is 0 Å². The number of benzene rings is 2. The third-order valence-electron chi connectivity index (χ3n) is 6.12. The maximum atomic E-state index is 12.3. The first-order valence-electron chi connectivity index (χ1n) is 11.0. The molecule has 2 aromatic carbocycles. The number of nitrogens with two attached hydrogens (primary N) is 1. The highest BCUT2D eigenvalue weighted by atomic mass is 16.1. The molecule has 0 radical (unpaired) electrons. The van der Waals surface area contributed by atoms with Crippen molar-refractivity contribution in [2.24, 2.45) is 5.92 Å². The van der Waals surface area contributed by atoms with Gasteiger partial charge >= 0.3 is 0 Å². The first-order chi connectivity index (χ1) is 14.6. The van der Waals surface area contributed by atoms with Crippen molar-refractivity contribution < 1.29 is 4.79 Å². The van der Waals surface area contributed by atoms with Gasteiger partial charge in [-0.05, 0) is 54.5 Å². The molecule has 1 aliphatic rings. The number of nitrogens with one attached hydrogen (secondary N) is 1. The van der Waals surface area contributed by atoms with E-state index >= 15 is 0 Å². The van der Waals surface area contributed by atoms with E-state index in [0.717, 1.165) is 23.1 Å². The third kappa shape index (κ3) is 4.78. The molecule has 1 amide bonds. The van der Waals surface area contributed by atoms with Crippen LogP contribution in [0.1, 0.15) is 49.8 Å². The molecule has 0 spiro atoms. The maximum absolute atomic E-state index is 12.3. The highest BCUT2D eigenvalue weighted by molar-refractivity contribution is 5.83. The van der Waals surface area contributed by atoms with E-state index in [9.17, 15) is 4.79 Å². The van der Waals surface area contributed by atoms with Crippen molar-refractivity contribution in [1.29, 1.82) is 0 Å². The summed E-state index contributed by atoms with van der Waals surface area (Å²) in [5.74, 6) is 1.11. The molecular formula is C25H30N4O. The SMILES string of the molecule is Cc1ccccc1-c1ccc2nc(N)c(CCC(=O)NCC3CCCCC3)nc2c1. The number of carbonyl (C=O) groups is 1. The standard InChI is InChI=1S/C25H30N4O/c1-17-7-5-6-10-20(17)19-11-12-21-23(15-19)28-22(25(26)29-21)13-14-24(30)27-16-18-8-3-2-4-9-18/h5-7,10-12,15,18H,2-4,8-9,13-14,16H2,1H3,(H2,26,29)(H,27,30). The second kappa shape index (κ2) is 9.24. The zero-order valence-electron chi connectivity index (χ0n) is 17.7. The van der Waals surface area contributed by atoms with Gasteiger partial charge in [-0.1, -0.05) is 49.6 Å². The van der Waals surface area contributed by atoms with E-state index in [4.69, 9.17) is 10.7 Å². The molecular weight excluding hydrogens is 372 g/mol. The molecule has 0 saturated heterocycles. The highest BCUT2D eigenvalue weighted by Crippen LogP contribution is 2.27. The minimum absolute atomic E-state index is 0.0653. The van der Waals surface area contributed by atoms with E-state index in [1.165, 1.54) is 43.2 Å². The summed E-state index contributed by atoms with van der Waals surface area (Å²) in [6.45, 7) is 2.89. The molecule has 5 heteroatoms. The molecule has 1 heterocycles. The summed E-state index contributed by atoms with van der Waals surface area (Å²) in [7, 11) is 0. The van der Waals surface area contributed by atoms with Gasteiger partial charge in [0.15, 0.2) is 0 Å². The smallest absolute Gasteiger partial charge is 0.220 e. The fraction of sp³-hybridized carbons (Fsp3) is 0.400. The van der Waals surface area contributed by atoms with Crippen molar-refractivity contribution in [2.75, 3.05) is 12.3 Å². The molecule has 30 heavy (non-hydrogen) atoms. The molecule has 1 saturated carbocycles. The van der Waals surface area contributed by atoms with Crippen LogP contribution >= 0.6 is 0 Å². The molecule has 0 aliphatic heterocycles. The Hall–Kier alpha value is -2.95. The lowest BCUT2D eigenvalue weighted by atomic mass is 9.89.